The molecule has 0 unspecified atom stereocenters. The van der Waals surface area contributed by atoms with Gasteiger partial charge in [-0.3, -0.25) is 4.79 Å². The molecule has 3 rings (SSSR count). The van der Waals surface area contributed by atoms with Gasteiger partial charge < -0.3 is 14.0 Å². The molecule has 4 nitrogen and oxygen atoms in total. The molecular weight excluding hydrogens is 290 g/mol. The second-order valence-electron chi connectivity index (χ2n) is 5.31. The first-order valence-corrected chi connectivity index (χ1v) is 7.55. The lowest BCUT2D eigenvalue weighted by molar-refractivity contribution is 0.101. The number of fused-ring (bicyclic) bond motifs is 1. The Balaban J connectivity index is 1.79. The molecule has 0 bridgehead atoms. The van der Waals surface area contributed by atoms with Gasteiger partial charge in [-0.2, -0.15) is 0 Å². The van der Waals surface area contributed by atoms with E-state index in [4.69, 9.17) is 9.47 Å². The van der Waals surface area contributed by atoms with Crippen LogP contribution in [0.25, 0.3) is 10.9 Å². The number of Topliss-reactive ketones (excluding diaryl/α,β-unsaturated/α-hetero) is 1. The van der Waals surface area contributed by atoms with E-state index in [0.29, 0.717) is 18.9 Å². The highest BCUT2D eigenvalue weighted by molar-refractivity contribution is 6.06. The fourth-order valence-electron chi connectivity index (χ4n) is 2.70. The summed E-state index contributed by atoms with van der Waals surface area (Å²) in [5.74, 6) is 1.51. The minimum Gasteiger partial charge on any atom is -0.493 e. The van der Waals surface area contributed by atoms with Gasteiger partial charge in [-0.25, -0.2) is 0 Å². The molecule has 0 atom stereocenters. The summed E-state index contributed by atoms with van der Waals surface area (Å²) in [6.07, 6.45) is 1.90. The molecule has 0 radical (unpaired) electrons. The maximum atomic E-state index is 11.8. The average Bonchev–Trinajstić information content (AvgIpc) is 2.95. The highest BCUT2D eigenvalue weighted by Gasteiger charge is 2.11. The second-order valence-corrected chi connectivity index (χ2v) is 5.31. The van der Waals surface area contributed by atoms with Crippen molar-refractivity contribution in [1.29, 1.82) is 0 Å². The molecule has 0 fully saturated rings. The maximum Gasteiger partial charge on any atom is 0.161 e. The number of benzene rings is 2. The molecule has 3 aromatic rings. The maximum absolute atomic E-state index is 11.8. The minimum absolute atomic E-state index is 0.0746. The summed E-state index contributed by atoms with van der Waals surface area (Å²) >= 11 is 0. The van der Waals surface area contributed by atoms with Crippen molar-refractivity contribution in [2.75, 3.05) is 13.7 Å². The van der Waals surface area contributed by atoms with E-state index in [9.17, 15) is 4.79 Å². The van der Waals surface area contributed by atoms with Crippen molar-refractivity contribution in [2.24, 2.45) is 0 Å². The number of carbonyl (C=O) groups is 1. The predicted molar refractivity (Wildman–Crippen MR) is 90.4 cm³/mol. The Morgan fingerprint density at radius 1 is 1.04 bits per heavy atom. The first-order chi connectivity index (χ1) is 11.2. The monoisotopic (exact) mass is 309 g/mol. The van der Waals surface area contributed by atoms with E-state index >= 15 is 0 Å². The molecule has 0 aliphatic rings. The molecule has 0 saturated carbocycles. The van der Waals surface area contributed by atoms with Crippen molar-refractivity contribution in [2.45, 2.75) is 13.5 Å². The van der Waals surface area contributed by atoms with E-state index in [-0.39, 0.29) is 5.78 Å². The van der Waals surface area contributed by atoms with Crippen molar-refractivity contribution in [3.05, 3.63) is 60.3 Å². The fourth-order valence-corrected chi connectivity index (χ4v) is 2.70. The highest BCUT2D eigenvalue weighted by atomic mass is 16.5. The number of rotatable bonds is 6. The number of ketones is 1. The molecule has 0 saturated heterocycles. The van der Waals surface area contributed by atoms with Gasteiger partial charge in [-0.15, -0.1) is 0 Å². The molecule has 0 spiro atoms. The normalized spacial score (nSPS) is 10.7. The van der Waals surface area contributed by atoms with Gasteiger partial charge in [0.15, 0.2) is 17.3 Å². The molecule has 23 heavy (non-hydrogen) atoms. The predicted octanol–water partition coefficient (Wildman–Crippen LogP) is 3.93. The average molecular weight is 309 g/mol. The van der Waals surface area contributed by atoms with Crippen LogP contribution in [0.3, 0.4) is 0 Å². The number of methoxy groups -OCH3 is 1. The molecule has 1 aromatic heterocycles. The zero-order valence-corrected chi connectivity index (χ0v) is 13.3. The molecule has 0 N–H and O–H groups in total. The molecule has 4 heteroatoms. The van der Waals surface area contributed by atoms with Crippen LogP contribution in [0.15, 0.2) is 54.7 Å². The van der Waals surface area contributed by atoms with Gasteiger partial charge in [0.05, 0.1) is 13.7 Å². The molecular formula is C19H19NO3. The number of nitrogens with zero attached hydrogens (tertiary/aromatic N) is 1. The Bertz CT molecular complexity index is 836. The van der Waals surface area contributed by atoms with Gasteiger partial charge >= 0.3 is 0 Å². The second kappa shape index (κ2) is 6.57. The Kier molecular flexibility index (Phi) is 4.33. The van der Waals surface area contributed by atoms with E-state index in [1.165, 1.54) is 0 Å². The number of hydrogen-bond donors (Lipinski definition) is 0. The molecule has 2 aromatic carbocycles. The van der Waals surface area contributed by atoms with Crippen molar-refractivity contribution < 1.29 is 14.3 Å². The Morgan fingerprint density at radius 2 is 1.74 bits per heavy atom. The van der Waals surface area contributed by atoms with Crippen molar-refractivity contribution in [3.8, 4) is 11.5 Å². The van der Waals surface area contributed by atoms with Crippen LogP contribution in [0.2, 0.25) is 0 Å². The number of aromatic nitrogens is 1. The largest absolute Gasteiger partial charge is 0.493 e. The molecule has 0 aliphatic carbocycles. The number of para-hydroxylation sites is 3. The molecule has 0 aliphatic heterocycles. The van der Waals surface area contributed by atoms with Gasteiger partial charge in [-0.1, -0.05) is 30.3 Å². The molecule has 1 heterocycles. The van der Waals surface area contributed by atoms with Crippen molar-refractivity contribution >= 4 is 16.7 Å². The zero-order chi connectivity index (χ0) is 16.2. The quantitative estimate of drug-likeness (QED) is 0.648. The summed E-state index contributed by atoms with van der Waals surface area (Å²) in [6.45, 7) is 2.75. The summed E-state index contributed by atoms with van der Waals surface area (Å²) in [7, 11) is 1.63. The lowest BCUT2D eigenvalue weighted by Gasteiger charge is -2.11. The highest BCUT2D eigenvalue weighted by Crippen LogP contribution is 2.26. The molecule has 118 valence electrons. The number of ether oxygens (including phenoxy) is 2. The Hall–Kier alpha value is -2.75. The summed E-state index contributed by atoms with van der Waals surface area (Å²) in [4.78, 5) is 11.8. The van der Waals surface area contributed by atoms with Crippen LogP contribution in [-0.2, 0) is 6.54 Å². The van der Waals surface area contributed by atoms with E-state index < -0.39 is 0 Å². The lowest BCUT2D eigenvalue weighted by atomic mass is 10.1. The van der Waals surface area contributed by atoms with Gasteiger partial charge in [0.2, 0.25) is 0 Å². The number of hydrogen-bond acceptors (Lipinski definition) is 3. The standard InChI is InChI=1S/C19H19NO3/c1-14(21)16-13-20(17-8-4-3-7-15(16)17)11-12-23-19-10-6-5-9-18(19)22-2/h3-10,13H,11-12H2,1-2H3. The first kappa shape index (κ1) is 15.2. The zero-order valence-electron chi connectivity index (χ0n) is 13.3. The van der Waals surface area contributed by atoms with E-state index in [0.717, 1.165) is 22.2 Å². The van der Waals surface area contributed by atoms with E-state index in [1.54, 1.807) is 14.0 Å². The number of carbonyl (C=O) groups excluding carboxylic acids is 1. The third-order valence-electron chi connectivity index (χ3n) is 3.83. The Morgan fingerprint density at radius 3 is 2.48 bits per heavy atom. The van der Waals surface area contributed by atoms with Gasteiger partial charge in [0.25, 0.3) is 0 Å². The third kappa shape index (κ3) is 3.06. The summed E-state index contributed by atoms with van der Waals surface area (Å²) < 4.78 is 13.2. The van der Waals surface area contributed by atoms with Crippen LogP contribution in [0.5, 0.6) is 11.5 Å². The lowest BCUT2D eigenvalue weighted by Crippen LogP contribution is -2.08. The van der Waals surface area contributed by atoms with Gasteiger partial charge in [0, 0.05) is 22.7 Å². The SMILES string of the molecule is COc1ccccc1OCCn1cc(C(C)=O)c2ccccc21. The van der Waals surface area contributed by atoms with Gasteiger partial charge in [-0.05, 0) is 25.1 Å². The fraction of sp³-hybridized carbons (Fsp3) is 0.211. The smallest absolute Gasteiger partial charge is 0.161 e. The van der Waals surface area contributed by atoms with E-state index in [2.05, 4.69) is 4.57 Å². The minimum atomic E-state index is 0.0746. The van der Waals surface area contributed by atoms with Crippen LogP contribution in [0, 0.1) is 0 Å². The van der Waals surface area contributed by atoms with Crippen LogP contribution in [-0.4, -0.2) is 24.1 Å². The van der Waals surface area contributed by atoms with Crippen LogP contribution in [0.4, 0.5) is 0 Å². The van der Waals surface area contributed by atoms with Crippen molar-refractivity contribution in [3.63, 3.8) is 0 Å². The van der Waals surface area contributed by atoms with Crippen LogP contribution < -0.4 is 9.47 Å². The summed E-state index contributed by atoms with van der Waals surface area (Å²) in [5, 5.41) is 0.984. The van der Waals surface area contributed by atoms with Gasteiger partial charge in [0.1, 0.15) is 6.61 Å². The summed E-state index contributed by atoms with van der Waals surface area (Å²) in [5.41, 5.74) is 1.79. The topological polar surface area (TPSA) is 40.5 Å². The third-order valence-corrected chi connectivity index (χ3v) is 3.83. The molecule has 0 amide bonds. The van der Waals surface area contributed by atoms with Crippen LogP contribution in [0.1, 0.15) is 17.3 Å². The van der Waals surface area contributed by atoms with Crippen molar-refractivity contribution in [1.82, 2.24) is 4.57 Å². The van der Waals surface area contributed by atoms with Crippen LogP contribution >= 0.6 is 0 Å². The summed E-state index contributed by atoms with van der Waals surface area (Å²) in [6, 6.07) is 15.5. The first-order valence-electron chi connectivity index (χ1n) is 7.55. The Labute approximate surface area is 135 Å². The van der Waals surface area contributed by atoms with E-state index in [1.807, 2.05) is 54.7 Å².